The fourth-order valence-corrected chi connectivity index (χ4v) is 3.66. The lowest BCUT2D eigenvalue weighted by Gasteiger charge is -2.39. The van der Waals surface area contributed by atoms with Crippen LogP contribution in [0.5, 0.6) is 0 Å². The number of aromatic amines is 1. The van der Waals surface area contributed by atoms with Gasteiger partial charge < -0.3 is 10.3 Å². The van der Waals surface area contributed by atoms with Crippen molar-refractivity contribution in [3.8, 4) is 0 Å². The van der Waals surface area contributed by atoms with Crippen molar-refractivity contribution in [1.29, 1.82) is 0 Å². The van der Waals surface area contributed by atoms with Gasteiger partial charge in [0.2, 0.25) is 0 Å². The van der Waals surface area contributed by atoms with Gasteiger partial charge in [-0.2, -0.15) is 0 Å². The molecule has 1 fully saturated rings. The first kappa shape index (κ1) is 9.72. The zero-order chi connectivity index (χ0) is 11.4. The summed E-state index contributed by atoms with van der Waals surface area (Å²) in [5.41, 5.74) is 4.33. The SMILES string of the molecule is C[C@H]1CN[C@H]2C[C@@H]1Cc1[nH]c3ccccc3c12. The molecule has 2 heterocycles. The van der Waals surface area contributed by atoms with Crippen LogP contribution in [0.1, 0.15) is 30.6 Å². The molecular weight excluding hydrogens is 208 g/mol. The van der Waals surface area contributed by atoms with Crippen molar-refractivity contribution in [2.75, 3.05) is 6.54 Å². The van der Waals surface area contributed by atoms with E-state index in [4.69, 9.17) is 0 Å². The molecule has 0 saturated carbocycles. The Bertz CT molecular complexity index is 569. The van der Waals surface area contributed by atoms with Crippen LogP contribution in [-0.2, 0) is 6.42 Å². The van der Waals surface area contributed by atoms with E-state index in [1.165, 1.54) is 36.0 Å². The van der Waals surface area contributed by atoms with Crippen molar-refractivity contribution < 1.29 is 0 Å². The average Bonchev–Trinajstić information content (AvgIpc) is 2.72. The summed E-state index contributed by atoms with van der Waals surface area (Å²) in [5, 5.41) is 5.14. The van der Waals surface area contributed by atoms with Crippen molar-refractivity contribution in [3.63, 3.8) is 0 Å². The maximum Gasteiger partial charge on any atom is 0.0459 e. The zero-order valence-electron chi connectivity index (χ0n) is 10.2. The Morgan fingerprint density at radius 1 is 1.24 bits per heavy atom. The van der Waals surface area contributed by atoms with Gasteiger partial charge in [0.25, 0.3) is 0 Å². The summed E-state index contributed by atoms with van der Waals surface area (Å²) in [4.78, 5) is 3.63. The molecule has 0 spiro atoms. The fraction of sp³-hybridized carbons (Fsp3) is 0.467. The lowest BCUT2D eigenvalue weighted by molar-refractivity contribution is 0.207. The Balaban J connectivity index is 1.93. The fourth-order valence-electron chi connectivity index (χ4n) is 3.66. The number of piperidine rings is 1. The number of para-hydroxylation sites is 1. The van der Waals surface area contributed by atoms with Crippen molar-refractivity contribution in [2.24, 2.45) is 11.8 Å². The number of fused-ring (bicyclic) bond motifs is 6. The molecule has 1 saturated heterocycles. The second-order valence-corrected chi connectivity index (χ2v) is 5.70. The molecule has 17 heavy (non-hydrogen) atoms. The normalized spacial score (nSPS) is 31.5. The van der Waals surface area contributed by atoms with E-state index in [0.29, 0.717) is 6.04 Å². The summed E-state index contributed by atoms with van der Waals surface area (Å²) < 4.78 is 0. The summed E-state index contributed by atoms with van der Waals surface area (Å²) in [6.45, 7) is 3.55. The Morgan fingerprint density at radius 2 is 2.12 bits per heavy atom. The van der Waals surface area contributed by atoms with Gasteiger partial charge in [-0.15, -0.1) is 0 Å². The van der Waals surface area contributed by atoms with Gasteiger partial charge in [-0.1, -0.05) is 25.1 Å². The van der Waals surface area contributed by atoms with Crippen LogP contribution in [0.15, 0.2) is 24.3 Å². The van der Waals surface area contributed by atoms with E-state index in [1.54, 1.807) is 5.56 Å². The molecule has 2 heteroatoms. The van der Waals surface area contributed by atoms with Crippen LogP contribution in [0.25, 0.3) is 10.9 Å². The number of benzene rings is 1. The Hall–Kier alpha value is -1.28. The molecule has 88 valence electrons. The molecule has 2 N–H and O–H groups in total. The first-order valence-electron chi connectivity index (χ1n) is 6.66. The van der Waals surface area contributed by atoms with E-state index in [0.717, 1.165) is 11.8 Å². The van der Waals surface area contributed by atoms with Gasteiger partial charge >= 0.3 is 0 Å². The number of aromatic nitrogens is 1. The third-order valence-electron chi connectivity index (χ3n) is 4.67. The van der Waals surface area contributed by atoms with E-state index in [1.807, 2.05) is 0 Å². The standard InChI is InChI=1S/C15H18N2/c1-9-8-16-13-6-10(9)7-14-15(13)11-4-2-3-5-12(11)17-14/h2-5,9-10,13,16-17H,6-8H2,1H3/t9-,10+,13-/m0/s1. The van der Waals surface area contributed by atoms with Crippen LogP contribution >= 0.6 is 0 Å². The summed E-state index contributed by atoms with van der Waals surface area (Å²) in [7, 11) is 0. The Labute approximate surface area is 101 Å². The molecule has 4 rings (SSSR count). The van der Waals surface area contributed by atoms with Crippen molar-refractivity contribution in [2.45, 2.75) is 25.8 Å². The molecule has 1 aromatic carbocycles. The molecule has 1 aliphatic heterocycles. The highest BCUT2D eigenvalue weighted by atomic mass is 15.0. The second kappa shape index (κ2) is 3.36. The van der Waals surface area contributed by atoms with Gasteiger partial charge in [0, 0.05) is 22.6 Å². The minimum atomic E-state index is 0.580. The van der Waals surface area contributed by atoms with Crippen LogP contribution in [0, 0.1) is 11.8 Å². The van der Waals surface area contributed by atoms with Gasteiger partial charge in [-0.05, 0) is 42.9 Å². The molecule has 0 radical (unpaired) electrons. The predicted molar refractivity (Wildman–Crippen MR) is 70.0 cm³/mol. The lowest BCUT2D eigenvalue weighted by Crippen LogP contribution is -2.41. The van der Waals surface area contributed by atoms with E-state index in [9.17, 15) is 0 Å². The molecule has 2 aromatic rings. The first-order chi connectivity index (χ1) is 8.33. The monoisotopic (exact) mass is 226 g/mol. The number of H-pyrrole nitrogens is 1. The van der Waals surface area contributed by atoms with Crippen molar-refractivity contribution in [3.05, 3.63) is 35.5 Å². The molecule has 1 aromatic heterocycles. The van der Waals surface area contributed by atoms with Gasteiger partial charge in [-0.3, -0.25) is 0 Å². The van der Waals surface area contributed by atoms with E-state index < -0.39 is 0 Å². The smallest absolute Gasteiger partial charge is 0.0459 e. The largest absolute Gasteiger partial charge is 0.358 e. The van der Waals surface area contributed by atoms with Crippen molar-refractivity contribution in [1.82, 2.24) is 10.3 Å². The number of nitrogens with one attached hydrogen (secondary N) is 2. The van der Waals surface area contributed by atoms with Crippen LogP contribution in [0.3, 0.4) is 0 Å². The quantitative estimate of drug-likeness (QED) is 0.710. The van der Waals surface area contributed by atoms with E-state index >= 15 is 0 Å². The second-order valence-electron chi connectivity index (χ2n) is 5.70. The molecule has 0 amide bonds. The summed E-state index contributed by atoms with van der Waals surface area (Å²) in [6, 6.07) is 9.29. The van der Waals surface area contributed by atoms with Gasteiger partial charge in [0.1, 0.15) is 0 Å². The third kappa shape index (κ3) is 1.31. The molecule has 1 aliphatic carbocycles. The highest BCUT2D eigenvalue weighted by Gasteiger charge is 2.35. The minimum absolute atomic E-state index is 0.580. The van der Waals surface area contributed by atoms with Gasteiger partial charge in [0.05, 0.1) is 0 Å². The Morgan fingerprint density at radius 3 is 3.06 bits per heavy atom. The van der Waals surface area contributed by atoms with Crippen LogP contribution in [-0.4, -0.2) is 11.5 Å². The van der Waals surface area contributed by atoms with Gasteiger partial charge in [-0.25, -0.2) is 0 Å². The molecule has 0 unspecified atom stereocenters. The number of rotatable bonds is 0. The van der Waals surface area contributed by atoms with E-state index in [-0.39, 0.29) is 0 Å². The summed E-state index contributed by atoms with van der Waals surface area (Å²) >= 11 is 0. The lowest BCUT2D eigenvalue weighted by atomic mass is 9.74. The Kier molecular flexibility index (Phi) is 1.92. The predicted octanol–water partition coefficient (Wildman–Crippen LogP) is 3.01. The van der Waals surface area contributed by atoms with Crippen LogP contribution < -0.4 is 5.32 Å². The van der Waals surface area contributed by atoms with Gasteiger partial charge in [0.15, 0.2) is 0 Å². The average molecular weight is 226 g/mol. The van der Waals surface area contributed by atoms with Crippen LogP contribution in [0.4, 0.5) is 0 Å². The molecule has 2 aliphatic rings. The maximum absolute atomic E-state index is 3.71. The van der Waals surface area contributed by atoms with Crippen molar-refractivity contribution >= 4 is 10.9 Å². The van der Waals surface area contributed by atoms with Crippen LogP contribution in [0.2, 0.25) is 0 Å². The van der Waals surface area contributed by atoms with E-state index in [2.05, 4.69) is 41.5 Å². The first-order valence-corrected chi connectivity index (χ1v) is 6.66. The minimum Gasteiger partial charge on any atom is -0.358 e. The maximum atomic E-state index is 3.71. The zero-order valence-corrected chi connectivity index (χ0v) is 10.2. The number of hydrogen-bond donors (Lipinski definition) is 2. The molecule has 2 nitrogen and oxygen atoms in total. The molecular formula is C15H18N2. The molecule has 2 bridgehead atoms. The summed E-state index contributed by atoms with van der Waals surface area (Å²) in [6.07, 6.45) is 2.55. The third-order valence-corrected chi connectivity index (χ3v) is 4.67. The highest BCUT2D eigenvalue weighted by Crippen LogP contribution is 2.42. The highest BCUT2D eigenvalue weighted by molar-refractivity contribution is 5.85. The topological polar surface area (TPSA) is 27.8 Å². The molecule has 3 atom stereocenters. The number of hydrogen-bond acceptors (Lipinski definition) is 1. The summed E-state index contributed by atoms with van der Waals surface area (Å²) in [5.74, 6) is 1.67.